The molecule has 3 rings (SSSR count). The molecule has 7 heteroatoms. The lowest BCUT2D eigenvalue weighted by Crippen LogP contribution is -2.22. The van der Waals surface area contributed by atoms with Gasteiger partial charge < -0.3 is 9.64 Å². The number of hydrogen-bond donors (Lipinski definition) is 0. The van der Waals surface area contributed by atoms with Crippen molar-refractivity contribution in [1.29, 1.82) is 0 Å². The van der Waals surface area contributed by atoms with Gasteiger partial charge in [-0.2, -0.15) is 0 Å². The zero-order valence-corrected chi connectivity index (χ0v) is 16.8. The van der Waals surface area contributed by atoms with Crippen LogP contribution in [0.1, 0.15) is 23.0 Å². The molecule has 0 fully saturated rings. The van der Waals surface area contributed by atoms with Gasteiger partial charge in [0.2, 0.25) is 5.91 Å². The third-order valence-electron chi connectivity index (χ3n) is 4.01. The number of benzene rings is 2. The van der Waals surface area contributed by atoms with E-state index in [1.165, 1.54) is 23.2 Å². The van der Waals surface area contributed by atoms with Crippen LogP contribution in [0.3, 0.4) is 0 Å². The summed E-state index contributed by atoms with van der Waals surface area (Å²) in [5.41, 5.74) is 2.74. The van der Waals surface area contributed by atoms with Gasteiger partial charge in [0.1, 0.15) is 6.61 Å². The second-order valence-corrected chi connectivity index (χ2v) is 7.17. The monoisotopic (exact) mass is 395 g/mol. The van der Waals surface area contributed by atoms with Crippen molar-refractivity contribution in [1.82, 2.24) is 4.98 Å². The van der Waals surface area contributed by atoms with Crippen LogP contribution in [0.4, 0.5) is 16.5 Å². The molecule has 0 aliphatic rings. The second kappa shape index (κ2) is 8.67. The Bertz CT molecular complexity index is 970. The van der Waals surface area contributed by atoms with Gasteiger partial charge in [-0.1, -0.05) is 24.3 Å². The highest BCUT2D eigenvalue weighted by atomic mass is 32.1. The van der Waals surface area contributed by atoms with Gasteiger partial charge in [-0.25, -0.2) is 9.78 Å². The van der Waals surface area contributed by atoms with Gasteiger partial charge in [-0.15, -0.1) is 11.3 Å². The van der Waals surface area contributed by atoms with E-state index in [1.54, 1.807) is 17.5 Å². The summed E-state index contributed by atoms with van der Waals surface area (Å²) in [6.45, 7) is 1.54. The van der Waals surface area contributed by atoms with Crippen molar-refractivity contribution in [2.75, 3.05) is 23.9 Å². The van der Waals surface area contributed by atoms with Crippen LogP contribution in [0, 0.1) is 0 Å². The average molecular weight is 395 g/mol. The predicted molar refractivity (Wildman–Crippen MR) is 111 cm³/mol. The fourth-order valence-electron chi connectivity index (χ4n) is 2.60. The highest BCUT2D eigenvalue weighted by Gasteiger charge is 2.18. The van der Waals surface area contributed by atoms with Crippen LogP contribution in [0.25, 0.3) is 0 Å². The summed E-state index contributed by atoms with van der Waals surface area (Å²) in [4.78, 5) is 32.3. The fraction of sp³-hybridized carbons (Fsp3) is 0.190. The number of esters is 1. The lowest BCUT2D eigenvalue weighted by atomic mass is 10.2. The van der Waals surface area contributed by atoms with Crippen molar-refractivity contribution in [3.05, 3.63) is 71.2 Å². The van der Waals surface area contributed by atoms with E-state index in [1.807, 2.05) is 61.5 Å². The van der Waals surface area contributed by atoms with E-state index in [0.29, 0.717) is 16.4 Å². The van der Waals surface area contributed by atoms with E-state index >= 15 is 0 Å². The molecule has 0 N–H and O–H groups in total. The third-order valence-corrected chi connectivity index (χ3v) is 4.88. The second-order valence-electron chi connectivity index (χ2n) is 6.33. The topological polar surface area (TPSA) is 62.7 Å². The van der Waals surface area contributed by atoms with Gasteiger partial charge in [-0.3, -0.25) is 9.69 Å². The van der Waals surface area contributed by atoms with Crippen molar-refractivity contribution < 1.29 is 14.3 Å². The van der Waals surface area contributed by atoms with Crippen LogP contribution in [0.2, 0.25) is 0 Å². The Morgan fingerprint density at radius 1 is 1.04 bits per heavy atom. The first-order valence-corrected chi connectivity index (χ1v) is 9.58. The normalized spacial score (nSPS) is 10.4. The number of rotatable bonds is 6. The van der Waals surface area contributed by atoms with E-state index < -0.39 is 5.97 Å². The Kier molecular flexibility index (Phi) is 6.06. The van der Waals surface area contributed by atoms with Gasteiger partial charge in [0.25, 0.3) is 0 Å². The molecule has 6 nitrogen and oxygen atoms in total. The minimum atomic E-state index is -0.412. The van der Waals surface area contributed by atoms with Crippen molar-refractivity contribution >= 4 is 39.7 Å². The first-order chi connectivity index (χ1) is 13.5. The smallest absolute Gasteiger partial charge is 0.338 e. The maximum atomic E-state index is 12.3. The Balaban J connectivity index is 1.70. The molecule has 1 amide bonds. The standard InChI is InChI=1S/C21H21N3O3S/c1-15(25)24(18-9-5-4-6-10-18)21-22-17(14-28-21)13-27-20(26)16-8-7-11-19(12-16)23(2)3/h4-12,14H,13H2,1-3H3. The van der Waals surface area contributed by atoms with Crippen LogP contribution < -0.4 is 9.80 Å². The van der Waals surface area contributed by atoms with Gasteiger partial charge in [0, 0.05) is 32.1 Å². The number of ether oxygens (including phenoxy) is 1. The molecule has 0 aliphatic heterocycles. The van der Waals surface area contributed by atoms with Crippen LogP contribution in [-0.2, 0) is 16.1 Å². The lowest BCUT2D eigenvalue weighted by molar-refractivity contribution is -0.115. The summed E-state index contributed by atoms with van der Waals surface area (Å²) in [7, 11) is 3.82. The molecule has 0 aliphatic carbocycles. The summed E-state index contributed by atoms with van der Waals surface area (Å²) in [6.07, 6.45) is 0. The first kappa shape index (κ1) is 19.6. The fourth-order valence-corrected chi connectivity index (χ4v) is 3.47. The van der Waals surface area contributed by atoms with Gasteiger partial charge >= 0.3 is 5.97 Å². The molecule has 1 heterocycles. The summed E-state index contributed by atoms with van der Waals surface area (Å²) in [5, 5.41) is 2.33. The quantitative estimate of drug-likeness (QED) is 0.584. The Hall–Kier alpha value is -3.19. The number of amides is 1. The average Bonchev–Trinajstić information content (AvgIpc) is 3.15. The molecule has 0 saturated heterocycles. The number of carbonyl (C=O) groups is 2. The molecular formula is C21H21N3O3S. The molecule has 28 heavy (non-hydrogen) atoms. The van der Waals surface area contributed by atoms with Crippen LogP contribution in [-0.4, -0.2) is 31.0 Å². The minimum Gasteiger partial charge on any atom is -0.456 e. The van der Waals surface area contributed by atoms with Crippen molar-refractivity contribution in [2.45, 2.75) is 13.5 Å². The molecular weight excluding hydrogens is 374 g/mol. The number of para-hydroxylation sites is 1. The van der Waals surface area contributed by atoms with Crippen molar-refractivity contribution in [3.8, 4) is 0 Å². The number of nitrogens with zero attached hydrogens (tertiary/aromatic N) is 3. The Morgan fingerprint density at radius 3 is 2.43 bits per heavy atom. The molecule has 1 aromatic heterocycles. The van der Waals surface area contributed by atoms with Crippen LogP contribution in [0.15, 0.2) is 60.0 Å². The van der Waals surface area contributed by atoms with E-state index in [-0.39, 0.29) is 12.5 Å². The molecule has 2 aromatic carbocycles. The summed E-state index contributed by atoms with van der Waals surface area (Å²) >= 11 is 1.33. The zero-order valence-electron chi connectivity index (χ0n) is 16.0. The predicted octanol–water partition coefficient (Wildman–Crippen LogP) is 4.25. The molecule has 144 valence electrons. The Morgan fingerprint density at radius 2 is 1.75 bits per heavy atom. The summed E-state index contributed by atoms with van der Waals surface area (Å²) in [6, 6.07) is 16.5. The van der Waals surface area contributed by atoms with Gasteiger partial charge in [-0.05, 0) is 30.3 Å². The molecule has 0 spiro atoms. The van der Waals surface area contributed by atoms with E-state index in [0.717, 1.165) is 11.4 Å². The molecule has 0 unspecified atom stereocenters. The highest BCUT2D eigenvalue weighted by molar-refractivity contribution is 7.14. The van der Waals surface area contributed by atoms with E-state index in [9.17, 15) is 9.59 Å². The van der Waals surface area contributed by atoms with Crippen molar-refractivity contribution in [3.63, 3.8) is 0 Å². The Labute approximate surface area is 168 Å². The number of aromatic nitrogens is 1. The van der Waals surface area contributed by atoms with Crippen LogP contribution in [0.5, 0.6) is 0 Å². The molecule has 0 bridgehead atoms. The molecule has 0 radical (unpaired) electrons. The lowest BCUT2D eigenvalue weighted by Gasteiger charge is -2.17. The summed E-state index contributed by atoms with van der Waals surface area (Å²) in [5.74, 6) is -0.547. The molecule has 3 aromatic rings. The maximum Gasteiger partial charge on any atom is 0.338 e. The van der Waals surface area contributed by atoms with Crippen molar-refractivity contribution in [2.24, 2.45) is 0 Å². The van der Waals surface area contributed by atoms with Gasteiger partial charge in [0.15, 0.2) is 5.13 Å². The molecule has 0 atom stereocenters. The molecule has 0 saturated carbocycles. The van der Waals surface area contributed by atoms with Crippen LogP contribution >= 0.6 is 11.3 Å². The number of anilines is 3. The summed E-state index contributed by atoms with van der Waals surface area (Å²) < 4.78 is 5.39. The SMILES string of the molecule is CC(=O)N(c1ccccc1)c1nc(COC(=O)c2cccc(N(C)C)c2)cs1. The highest BCUT2D eigenvalue weighted by Crippen LogP contribution is 2.29. The maximum absolute atomic E-state index is 12.3. The number of hydrogen-bond acceptors (Lipinski definition) is 6. The third kappa shape index (κ3) is 4.55. The number of carbonyl (C=O) groups excluding carboxylic acids is 2. The first-order valence-electron chi connectivity index (χ1n) is 8.70. The number of thiazole rings is 1. The van der Waals surface area contributed by atoms with E-state index in [4.69, 9.17) is 4.74 Å². The van der Waals surface area contributed by atoms with E-state index in [2.05, 4.69) is 4.98 Å². The largest absolute Gasteiger partial charge is 0.456 e. The van der Waals surface area contributed by atoms with Gasteiger partial charge in [0.05, 0.1) is 16.9 Å². The minimum absolute atomic E-state index is 0.0437. The zero-order chi connectivity index (χ0) is 20.1.